The van der Waals surface area contributed by atoms with Crippen LogP contribution in [0.1, 0.15) is 41.4 Å². The van der Waals surface area contributed by atoms with Gasteiger partial charge in [-0.25, -0.2) is 0 Å². The van der Waals surface area contributed by atoms with Gasteiger partial charge in [-0.1, -0.05) is 46.4 Å². The largest absolute Gasteiger partial charge is 0.366 e. The Morgan fingerprint density at radius 3 is 0.750 bits per heavy atom. The third-order valence-corrected chi connectivity index (χ3v) is 7.37. The molecule has 4 amide bonds. The Labute approximate surface area is 221 Å². The number of benzene rings is 5. The zero-order valence-corrected chi connectivity index (χ0v) is 20.8. The molecule has 5 rings (SSSR count). The lowest BCUT2D eigenvalue weighted by Gasteiger charge is -2.22. The number of nitrogens with two attached hydrogens (primary N) is 4. The number of hydrogen-bond acceptors (Lipinski definition) is 4. The van der Waals surface area contributed by atoms with Crippen molar-refractivity contribution in [3.8, 4) is 0 Å². The molecule has 5 aromatic carbocycles. The average Bonchev–Trinajstić information content (AvgIpc) is 2.79. The number of halogens is 4. The van der Waals surface area contributed by atoms with Gasteiger partial charge in [-0.05, 0) is 24.3 Å². The van der Waals surface area contributed by atoms with Crippen LogP contribution in [0.3, 0.4) is 0 Å². The van der Waals surface area contributed by atoms with Crippen molar-refractivity contribution in [3.05, 3.63) is 66.6 Å². The minimum Gasteiger partial charge on any atom is -0.366 e. The molecule has 180 valence electrons. The van der Waals surface area contributed by atoms with E-state index < -0.39 is 23.6 Å². The molecule has 0 spiro atoms. The first-order valence-electron chi connectivity index (χ1n) is 10.0. The second-order valence-electron chi connectivity index (χ2n) is 8.08. The normalized spacial score (nSPS) is 11.7. The Bertz CT molecular complexity index is 1640. The first-order valence-corrected chi connectivity index (χ1v) is 11.5. The van der Waals surface area contributed by atoms with Crippen LogP contribution < -0.4 is 22.9 Å². The SMILES string of the molecule is NC(=O)c1cc(Cl)c2c3c(Cl)cc(C(N)=O)c4c(C(N)=O)cc(Cl)c(c5c(Cl)cc(C(N)=O)c1c25)c43. The summed E-state index contributed by atoms with van der Waals surface area (Å²) in [5, 5.41) is 1.81. The molecule has 0 unspecified atom stereocenters. The molecule has 0 aliphatic rings. The van der Waals surface area contributed by atoms with Gasteiger partial charge in [-0.15, -0.1) is 0 Å². The van der Waals surface area contributed by atoms with E-state index in [1.807, 2.05) is 0 Å². The van der Waals surface area contributed by atoms with Gasteiger partial charge in [-0.2, -0.15) is 0 Å². The van der Waals surface area contributed by atoms with Gasteiger partial charge in [0.05, 0.1) is 0 Å². The van der Waals surface area contributed by atoms with Crippen LogP contribution in [-0.2, 0) is 0 Å². The van der Waals surface area contributed by atoms with Gasteiger partial charge in [-0.3, -0.25) is 19.2 Å². The third-order valence-electron chi connectivity index (χ3n) is 6.18. The number of carbonyl (C=O) groups excluding carboxylic acids is 4. The fraction of sp³-hybridized carbons (Fsp3) is 0. The summed E-state index contributed by atoms with van der Waals surface area (Å²) in [7, 11) is 0. The van der Waals surface area contributed by atoms with Crippen molar-refractivity contribution in [1.82, 2.24) is 0 Å². The molecule has 0 aromatic heterocycles. The molecular formula is C24H12Cl4N4O4. The second-order valence-corrected chi connectivity index (χ2v) is 9.71. The summed E-state index contributed by atoms with van der Waals surface area (Å²) in [6.07, 6.45) is 0. The van der Waals surface area contributed by atoms with Gasteiger partial charge >= 0.3 is 0 Å². The number of primary amides is 4. The van der Waals surface area contributed by atoms with E-state index in [4.69, 9.17) is 69.3 Å². The monoisotopic (exact) mass is 560 g/mol. The maximum atomic E-state index is 12.4. The van der Waals surface area contributed by atoms with E-state index in [0.29, 0.717) is 0 Å². The zero-order chi connectivity index (χ0) is 26.4. The summed E-state index contributed by atoms with van der Waals surface area (Å²) in [6.45, 7) is 0. The van der Waals surface area contributed by atoms with Gasteiger partial charge in [0.1, 0.15) is 0 Å². The van der Waals surface area contributed by atoms with Crippen LogP contribution in [0.25, 0.3) is 43.1 Å². The molecule has 0 radical (unpaired) electrons. The summed E-state index contributed by atoms with van der Waals surface area (Å²) >= 11 is 26.7. The topological polar surface area (TPSA) is 172 Å². The molecule has 0 aliphatic carbocycles. The maximum Gasteiger partial charge on any atom is 0.249 e. The lowest BCUT2D eigenvalue weighted by molar-refractivity contribution is 0.0988. The fourth-order valence-electron chi connectivity index (χ4n) is 4.90. The molecule has 8 nitrogen and oxygen atoms in total. The third kappa shape index (κ3) is 3.09. The van der Waals surface area contributed by atoms with Crippen molar-refractivity contribution in [2.75, 3.05) is 0 Å². The summed E-state index contributed by atoms with van der Waals surface area (Å²) in [5.41, 5.74) is 22.1. The van der Waals surface area contributed by atoms with Gasteiger partial charge < -0.3 is 22.9 Å². The van der Waals surface area contributed by atoms with Crippen LogP contribution >= 0.6 is 46.4 Å². The highest BCUT2D eigenvalue weighted by atomic mass is 35.5. The van der Waals surface area contributed by atoms with E-state index in [9.17, 15) is 19.2 Å². The molecule has 0 bridgehead atoms. The molecule has 0 atom stereocenters. The number of fused-ring (bicyclic) bond motifs is 2. The van der Waals surface area contributed by atoms with Crippen LogP contribution in [0.4, 0.5) is 0 Å². The van der Waals surface area contributed by atoms with Gasteiger partial charge in [0, 0.05) is 85.4 Å². The zero-order valence-electron chi connectivity index (χ0n) is 17.8. The van der Waals surface area contributed by atoms with Crippen molar-refractivity contribution < 1.29 is 19.2 Å². The Balaban J connectivity index is 2.33. The molecule has 0 saturated carbocycles. The van der Waals surface area contributed by atoms with Crippen LogP contribution in [0.2, 0.25) is 20.1 Å². The first kappa shape index (κ1) is 24.1. The fourth-order valence-corrected chi connectivity index (χ4v) is 6.09. The Morgan fingerprint density at radius 1 is 0.389 bits per heavy atom. The predicted octanol–water partition coefficient (Wildman–Crippen LogP) is 4.75. The molecular weight excluding hydrogens is 550 g/mol. The smallest absolute Gasteiger partial charge is 0.249 e. The van der Waals surface area contributed by atoms with Gasteiger partial charge in [0.25, 0.3) is 0 Å². The molecule has 0 saturated heterocycles. The minimum absolute atomic E-state index is 0.0245. The minimum atomic E-state index is -0.875. The Morgan fingerprint density at radius 2 is 0.583 bits per heavy atom. The highest BCUT2D eigenvalue weighted by molar-refractivity contribution is 6.55. The van der Waals surface area contributed by atoms with Crippen molar-refractivity contribution >= 4 is 113 Å². The predicted molar refractivity (Wildman–Crippen MR) is 142 cm³/mol. The van der Waals surface area contributed by atoms with E-state index in [0.717, 1.165) is 0 Å². The molecule has 0 fully saturated rings. The van der Waals surface area contributed by atoms with Crippen molar-refractivity contribution in [1.29, 1.82) is 0 Å². The lowest BCUT2D eigenvalue weighted by Crippen LogP contribution is -2.18. The van der Waals surface area contributed by atoms with Crippen LogP contribution in [0.15, 0.2) is 24.3 Å². The molecule has 0 heterocycles. The average molecular weight is 562 g/mol. The standard InChI is InChI=1S/C24H12Cl4N4O4/c25-9-1-5(21(29)33)13-6(22(30)34)2-11(27)17-18-12(28)4-8(24(32)36)14-7(23(31)35)3-10(26)16(20(14)18)15(9)19(13)17/h1-4H,(H2,29,33)(H2,30,34)(H2,31,35)(H2,32,36). The number of hydrogen-bond donors (Lipinski definition) is 4. The second kappa shape index (κ2) is 7.97. The summed E-state index contributed by atoms with van der Waals surface area (Å²) < 4.78 is 0. The van der Waals surface area contributed by atoms with E-state index in [-0.39, 0.29) is 85.4 Å². The number of amides is 4. The molecule has 0 aliphatic heterocycles. The number of rotatable bonds is 4. The quantitative estimate of drug-likeness (QED) is 0.183. The van der Waals surface area contributed by atoms with Crippen molar-refractivity contribution in [3.63, 3.8) is 0 Å². The number of carbonyl (C=O) groups is 4. The molecule has 8 N–H and O–H groups in total. The summed E-state index contributed by atoms with van der Waals surface area (Å²) in [5.74, 6) is -3.50. The van der Waals surface area contributed by atoms with Crippen LogP contribution in [0.5, 0.6) is 0 Å². The molecule has 36 heavy (non-hydrogen) atoms. The maximum absolute atomic E-state index is 12.4. The van der Waals surface area contributed by atoms with E-state index in [2.05, 4.69) is 0 Å². The van der Waals surface area contributed by atoms with E-state index in [1.165, 1.54) is 24.3 Å². The lowest BCUT2D eigenvalue weighted by atomic mass is 9.83. The van der Waals surface area contributed by atoms with E-state index >= 15 is 0 Å². The summed E-state index contributed by atoms with van der Waals surface area (Å²) in [6, 6.07) is 5.11. The highest BCUT2D eigenvalue weighted by Crippen LogP contribution is 2.52. The molecule has 12 heteroatoms. The van der Waals surface area contributed by atoms with Gasteiger partial charge in [0.2, 0.25) is 23.6 Å². The van der Waals surface area contributed by atoms with Crippen LogP contribution in [0, 0.1) is 0 Å². The summed E-state index contributed by atoms with van der Waals surface area (Å²) in [4.78, 5) is 49.6. The van der Waals surface area contributed by atoms with Gasteiger partial charge in [0.15, 0.2) is 0 Å². The van der Waals surface area contributed by atoms with Crippen LogP contribution in [-0.4, -0.2) is 23.6 Å². The first-order chi connectivity index (χ1) is 16.9. The Kier molecular flexibility index (Phi) is 5.35. The Hall–Kier alpha value is -3.56. The highest BCUT2D eigenvalue weighted by Gasteiger charge is 2.29. The van der Waals surface area contributed by atoms with Crippen molar-refractivity contribution in [2.45, 2.75) is 0 Å². The van der Waals surface area contributed by atoms with E-state index in [1.54, 1.807) is 0 Å². The van der Waals surface area contributed by atoms with Crippen molar-refractivity contribution in [2.24, 2.45) is 22.9 Å². The molecule has 5 aromatic rings.